The van der Waals surface area contributed by atoms with E-state index in [2.05, 4.69) is 0 Å². The molecule has 0 saturated heterocycles. The Hall–Kier alpha value is -2.83. The first kappa shape index (κ1) is 15.6. The fourth-order valence-electron chi connectivity index (χ4n) is 2.02. The maximum Gasteiger partial charge on any atom is 0.330 e. The Kier molecular flexibility index (Phi) is 4.16. The van der Waals surface area contributed by atoms with Gasteiger partial charge in [-0.05, 0) is 24.6 Å². The summed E-state index contributed by atoms with van der Waals surface area (Å²) >= 11 is 0. The zero-order valence-corrected chi connectivity index (χ0v) is 12.6. The van der Waals surface area contributed by atoms with Gasteiger partial charge in [0.05, 0.1) is 11.3 Å². The van der Waals surface area contributed by atoms with Crippen molar-refractivity contribution >= 4 is 5.91 Å². The summed E-state index contributed by atoms with van der Waals surface area (Å²) < 4.78 is 7.91. The lowest BCUT2D eigenvalue weighted by atomic mass is 10.1. The number of nitrogens with zero attached hydrogens (tertiary/aromatic N) is 2. The van der Waals surface area contributed by atoms with Crippen molar-refractivity contribution in [1.29, 1.82) is 0 Å². The average molecular weight is 303 g/mol. The molecule has 0 saturated carbocycles. The summed E-state index contributed by atoms with van der Waals surface area (Å²) in [5, 5.41) is 0. The van der Waals surface area contributed by atoms with E-state index in [9.17, 15) is 14.4 Å². The van der Waals surface area contributed by atoms with Gasteiger partial charge in [-0.15, -0.1) is 0 Å². The molecule has 2 aromatic rings. The number of ether oxygens (including phenoxy) is 1. The molecule has 0 fully saturated rings. The monoisotopic (exact) mass is 303 g/mol. The van der Waals surface area contributed by atoms with Gasteiger partial charge in [0.2, 0.25) is 0 Å². The molecule has 2 N–H and O–H groups in total. The van der Waals surface area contributed by atoms with Gasteiger partial charge in [0, 0.05) is 20.2 Å². The van der Waals surface area contributed by atoms with E-state index in [-0.39, 0.29) is 12.2 Å². The number of hydrogen-bond donors (Lipinski definition) is 1. The maximum absolute atomic E-state index is 11.8. The molecule has 1 aromatic carbocycles. The van der Waals surface area contributed by atoms with Crippen molar-refractivity contribution in [2.75, 3.05) is 0 Å². The highest BCUT2D eigenvalue weighted by Crippen LogP contribution is 2.20. The van der Waals surface area contributed by atoms with Crippen LogP contribution in [0.4, 0.5) is 0 Å². The Balaban J connectivity index is 2.36. The number of carbonyl (C=O) groups excluding carboxylic acids is 1. The van der Waals surface area contributed by atoms with Crippen LogP contribution in [0, 0.1) is 6.92 Å². The van der Waals surface area contributed by atoms with Crippen LogP contribution in [0.15, 0.2) is 33.9 Å². The van der Waals surface area contributed by atoms with Crippen molar-refractivity contribution in [3.05, 3.63) is 61.9 Å². The predicted octanol–water partition coefficient (Wildman–Crippen LogP) is 0.0703. The SMILES string of the molecule is Cc1ccc(C(N)=O)c(OCc2cc(=O)n(C)c(=O)n2C)c1. The lowest BCUT2D eigenvalue weighted by Crippen LogP contribution is -2.38. The van der Waals surface area contributed by atoms with Gasteiger partial charge in [-0.2, -0.15) is 0 Å². The number of primary amides is 1. The topological polar surface area (TPSA) is 96.3 Å². The van der Waals surface area contributed by atoms with Crippen molar-refractivity contribution in [3.8, 4) is 5.75 Å². The fraction of sp³-hybridized carbons (Fsp3) is 0.267. The molecule has 0 bridgehead atoms. The van der Waals surface area contributed by atoms with Gasteiger partial charge in [0.15, 0.2) is 0 Å². The molecule has 0 aliphatic rings. The third kappa shape index (κ3) is 2.93. The highest BCUT2D eigenvalue weighted by atomic mass is 16.5. The number of amides is 1. The molecule has 0 unspecified atom stereocenters. The zero-order valence-electron chi connectivity index (χ0n) is 12.6. The van der Waals surface area contributed by atoms with Crippen molar-refractivity contribution in [3.63, 3.8) is 0 Å². The molecule has 22 heavy (non-hydrogen) atoms. The largest absolute Gasteiger partial charge is 0.487 e. The first-order valence-electron chi connectivity index (χ1n) is 6.60. The van der Waals surface area contributed by atoms with Crippen LogP contribution in [0.25, 0.3) is 0 Å². The molecule has 1 heterocycles. The Morgan fingerprint density at radius 2 is 1.86 bits per heavy atom. The number of rotatable bonds is 4. The first-order chi connectivity index (χ1) is 10.3. The van der Waals surface area contributed by atoms with Crippen molar-refractivity contribution in [2.24, 2.45) is 19.8 Å². The molecule has 1 aromatic heterocycles. The average Bonchev–Trinajstić information content (AvgIpc) is 2.47. The lowest BCUT2D eigenvalue weighted by molar-refractivity contribution is 0.0995. The van der Waals surface area contributed by atoms with Crippen LogP contribution in [0.3, 0.4) is 0 Å². The van der Waals surface area contributed by atoms with E-state index in [0.717, 1.165) is 10.1 Å². The fourth-order valence-corrected chi connectivity index (χ4v) is 2.02. The summed E-state index contributed by atoms with van der Waals surface area (Å²) in [5.74, 6) is -0.284. The summed E-state index contributed by atoms with van der Waals surface area (Å²) in [7, 11) is 2.95. The summed E-state index contributed by atoms with van der Waals surface area (Å²) in [6.45, 7) is 1.83. The quantitative estimate of drug-likeness (QED) is 0.864. The van der Waals surface area contributed by atoms with Gasteiger partial charge >= 0.3 is 5.69 Å². The molecule has 0 aliphatic heterocycles. The van der Waals surface area contributed by atoms with Gasteiger partial charge < -0.3 is 10.5 Å². The summed E-state index contributed by atoms with van der Waals surface area (Å²) in [6, 6.07) is 6.33. The van der Waals surface area contributed by atoms with E-state index >= 15 is 0 Å². The molecule has 0 spiro atoms. The van der Waals surface area contributed by atoms with Gasteiger partial charge in [-0.25, -0.2) is 4.79 Å². The van der Waals surface area contributed by atoms with Gasteiger partial charge in [-0.1, -0.05) is 6.07 Å². The molecular weight excluding hydrogens is 286 g/mol. The number of benzene rings is 1. The lowest BCUT2D eigenvalue weighted by Gasteiger charge is -2.13. The van der Waals surface area contributed by atoms with Gasteiger partial charge in [-0.3, -0.25) is 18.7 Å². The van der Waals surface area contributed by atoms with Crippen LogP contribution >= 0.6 is 0 Å². The predicted molar refractivity (Wildman–Crippen MR) is 81.0 cm³/mol. The Bertz CT molecular complexity index is 849. The van der Waals surface area contributed by atoms with Crippen molar-refractivity contribution in [1.82, 2.24) is 9.13 Å². The highest BCUT2D eigenvalue weighted by Gasteiger charge is 2.11. The molecule has 0 aliphatic carbocycles. The minimum Gasteiger partial charge on any atom is -0.487 e. The molecule has 0 radical (unpaired) electrons. The Labute approximate surface area is 126 Å². The summed E-state index contributed by atoms with van der Waals surface area (Å²) in [6.07, 6.45) is 0. The zero-order chi connectivity index (χ0) is 16.4. The van der Waals surface area contributed by atoms with Crippen LogP contribution in [0.1, 0.15) is 21.6 Å². The third-order valence-corrected chi connectivity index (χ3v) is 3.40. The molecule has 1 amide bonds. The minimum atomic E-state index is -0.604. The molecular formula is C15H17N3O4. The molecule has 7 heteroatoms. The van der Waals surface area contributed by atoms with E-state index in [0.29, 0.717) is 11.4 Å². The maximum atomic E-state index is 11.8. The van der Waals surface area contributed by atoms with E-state index in [1.54, 1.807) is 25.2 Å². The van der Waals surface area contributed by atoms with Crippen LogP contribution in [0.5, 0.6) is 5.75 Å². The summed E-state index contributed by atoms with van der Waals surface area (Å²) in [4.78, 5) is 34.9. The van der Waals surface area contributed by atoms with E-state index in [1.807, 2.05) is 6.92 Å². The second-order valence-corrected chi connectivity index (χ2v) is 5.03. The van der Waals surface area contributed by atoms with Gasteiger partial charge in [0.1, 0.15) is 12.4 Å². The number of nitrogens with two attached hydrogens (primary N) is 1. The second-order valence-electron chi connectivity index (χ2n) is 5.03. The van der Waals surface area contributed by atoms with Crippen molar-refractivity contribution < 1.29 is 9.53 Å². The van der Waals surface area contributed by atoms with Crippen LogP contribution in [0.2, 0.25) is 0 Å². The Morgan fingerprint density at radius 1 is 1.18 bits per heavy atom. The summed E-state index contributed by atoms with van der Waals surface area (Å²) in [5.41, 5.74) is 6.01. The van der Waals surface area contributed by atoms with E-state index in [1.165, 1.54) is 17.7 Å². The van der Waals surface area contributed by atoms with Crippen molar-refractivity contribution in [2.45, 2.75) is 13.5 Å². The number of aromatic nitrogens is 2. The molecule has 2 rings (SSSR count). The molecule has 116 valence electrons. The normalized spacial score (nSPS) is 10.5. The highest BCUT2D eigenvalue weighted by molar-refractivity contribution is 5.95. The third-order valence-electron chi connectivity index (χ3n) is 3.40. The number of aryl methyl sites for hydroxylation is 1. The van der Waals surface area contributed by atoms with Crippen LogP contribution in [-0.4, -0.2) is 15.0 Å². The van der Waals surface area contributed by atoms with E-state index < -0.39 is 17.2 Å². The number of carbonyl (C=O) groups is 1. The van der Waals surface area contributed by atoms with Crippen LogP contribution in [-0.2, 0) is 20.7 Å². The minimum absolute atomic E-state index is 0.0223. The second kappa shape index (κ2) is 5.88. The standard InChI is InChI=1S/C15H17N3O4/c1-9-4-5-11(14(16)20)12(6-9)22-8-10-7-13(19)18(3)15(21)17(10)2/h4-7H,8H2,1-3H3,(H2,16,20). The molecule has 0 atom stereocenters. The Morgan fingerprint density at radius 3 is 2.50 bits per heavy atom. The van der Waals surface area contributed by atoms with E-state index in [4.69, 9.17) is 10.5 Å². The number of hydrogen-bond acceptors (Lipinski definition) is 4. The first-order valence-corrected chi connectivity index (χ1v) is 6.60. The van der Waals surface area contributed by atoms with Gasteiger partial charge in [0.25, 0.3) is 11.5 Å². The smallest absolute Gasteiger partial charge is 0.330 e. The molecule has 7 nitrogen and oxygen atoms in total. The van der Waals surface area contributed by atoms with Crippen LogP contribution < -0.4 is 21.7 Å².